The van der Waals surface area contributed by atoms with Crippen molar-refractivity contribution in [2.75, 3.05) is 32.6 Å². The Bertz CT molecular complexity index is 982. The predicted molar refractivity (Wildman–Crippen MR) is 113 cm³/mol. The zero-order valence-electron chi connectivity index (χ0n) is 17.0. The lowest BCUT2D eigenvalue weighted by Crippen LogP contribution is -2.53. The molecule has 2 aromatic carbocycles. The highest BCUT2D eigenvalue weighted by molar-refractivity contribution is 6.46. The fourth-order valence-electron chi connectivity index (χ4n) is 3.79. The summed E-state index contributed by atoms with van der Waals surface area (Å²) in [7, 11) is 3.11. The van der Waals surface area contributed by atoms with Crippen LogP contribution in [0.15, 0.2) is 53.5 Å². The quantitative estimate of drug-likeness (QED) is 0.814. The summed E-state index contributed by atoms with van der Waals surface area (Å²) < 4.78 is 10.5. The van der Waals surface area contributed by atoms with Crippen molar-refractivity contribution in [2.24, 2.45) is 4.99 Å². The van der Waals surface area contributed by atoms with Crippen LogP contribution in [0.3, 0.4) is 0 Å². The van der Waals surface area contributed by atoms with Crippen molar-refractivity contribution in [1.82, 2.24) is 10.2 Å². The molecule has 0 aliphatic carbocycles. The molecule has 0 unspecified atom stereocenters. The van der Waals surface area contributed by atoms with Gasteiger partial charge in [0.25, 0.3) is 5.91 Å². The summed E-state index contributed by atoms with van der Waals surface area (Å²) in [4.78, 5) is 31.6. The number of aliphatic imine (C=N–C) groups is 1. The van der Waals surface area contributed by atoms with Gasteiger partial charge in [-0.1, -0.05) is 30.3 Å². The zero-order chi connectivity index (χ0) is 21.1. The van der Waals surface area contributed by atoms with E-state index in [9.17, 15) is 9.59 Å². The van der Waals surface area contributed by atoms with E-state index in [1.54, 1.807) is 37.3 Å². The van der Waals surface area contributed by atoms with Crippen LogP contribution >= 0.6 is 0 Å². The molecule has 1 saturated heterocycles. The van der Waals surface area contributed by atoms with Crippen LogP contribution in [0.1, 0.15) is 18.4 Å². The molecule has 0 saturated carbocycles. The molecule has 3 amide bonds. The van der Waals surface area contributed by atoms with E-state index in [1.807, 2.05) is 30.3 Å². The van der Waals surface area contributed by atoms with Gasteiger partial charge in [-0.2, -0.15) is 0 Å². The smallest absolute Gasteiger partial charge is 0.321 e. The topological polar surface area (TPSA) is 92.3 Å². The number of nitrogens with zero attached hydrogens (tertiary/aromatic N) is 2. The van der Waals surface area contributed by atoms with Gasteiger partial charge < -0.3 is 25.0 Å². The number of likely N-dealkylation sites (tertiary alicyclic amines) is 1. The first-order valence-corrected chi connectivity index (χ1v) is 9.79. The molecule has 0 atom stereocenters. The highest BCUT2D eigenvalue weighted by Gasteiger charge is 2.42. The second kappa shape index (κ2) is 8.06. The first-order chi connectivity index (χ1) is 14.5. The highest BCUT2D eigenvalue weighted by atomic mass is 16.5. The molecule has 0 bridgehead atoms. The molecule has 4 rings (SSSR count). The van der Waals surface area contributed by atoms with Gasteiger partial charge in [0.1, 0.15) is 11.4 Å². The third-order valence-electron chi connectivity index (χ3n) is 5.45. The number of piperidine rings is 1. The van der Waals surface area contributed by atoms with Gasteiger partial charge in [-0.15, -0.1) is 0 Å². The van der Waals surface area contributed by atoms with Crippen LogP contribution < -0.4 is 20.1 Å². The Morgan fingerprint density at radius 3 is 2.43 bits per heavy atom. The van der Waals surface area contributed by atoms with Crippen molar-refractivity contribution in [3.63, 3.8) is 0 Å². The molecular weight excluding hydrogens is 384 g/mol. The zero-order valence-corrected chi connectivity index (χ0v) is 17.0. The van der Waals surface area contributed by atoms with Crippen molar-refractivity contribution in [3.8, 4) is 11.5 Å². The number of ether oxygens (including phenoxy) is 2. The fraction of sp³-hybridized carbons (Fsp3) is 0.318. The average Bonchev–Trinajstić information content (AvgIpc) is 3.10. The maximum Gasteiger partial charge on any atom is 0.321 e. The van der Waals surface area contributed by atoms with Gasteiger partial charge in [0, 0.05) is 43.2 Å². The number of hydrogen-bond donors (Lipinski definition) is 2. The van der Waals surface area contributed by atoms with Crippen LogP contribution in [0.4, 0.5) is 10.5 Å². The number of rotatable bonds is 4. The first kappa shape index (κ1) is 19.8. The van der Waals surface area contributed by atoms with Crippen LogP contribution in [0, 0.1) is 0 Å². The number of nitrogens with one attached hydrogen (secondary N) is 2. The number of carbonyl (C=O) groups is 2. The Labute approximate surface area is 174 Å². The summed E-state index contributed by atoms with van der Waals surface area (Å²) in [6.45, 7) is 0.982. The summed E-state index contributed by atoms with van der Waals surface area (Å²) in [6.07, 6.45) is 1.13. The minimum Gasteiger partial charge on any atom is -0.493 e. The van der Waals surface area contributed by atoms with Gasteiger partial charge in [0.05, 0.1) is 14.2 Å². The van der Waals surface area contributed by atoms with E-state index in [2.05, 4.69) is 10.6 Å². The van der Waals surface area contributed by atoms with Gasteiger partial charge in [0.15, 0.2) is 11.5 Å². The summed E-state index contributed by atoms with van der Waals surface area (Å²) in [6, 6.07) is 14.5. The second-order valence-electron chi connectivity index (χ2n) is 7.30. The maximum atomic E-state index is 12.7. The van der Waals surface area contributed by atoms with Gasteiger partial charge in [0.2, 0.25) is 0 Å². The molecule has 2 aliphatic heterocycles. The lowest BCUT2D eigenvalue weighted by molar-refractivity contribution is -0.115. The standard InChI is InChI=1S/C22H24N4O4/c1-29-17-9-8-16(14-18(17)30-2)23-21(28)26-12-10-22(11-13-26)24-19(20(27)25-22)15-6-4-3-5-7-15/h3-9,14H,10-13H2,1-2H3,(H,23,28)(H,25,27). The monoisotopic (exact) mass is 408 g/mol. The number of amides is 3. The Morgan fingerprint density at radius 1 is 1.07 bits per heavy atom. The van der Waals surface area contributed by atoms with Gasteiger partial charge in [-0.3, -0.25) is 9.79 Å². The maximum absolute atomic E-state index is 12.7. The van der Waals surface area contributed by atoms with Gasteiger partial charge >= 0.3 is 6.03 Å². The molecule has 0 aromatic heterocycles. The van der Waals surface area contributed by atoms with Crippen molar-refractivity contribution in [2.45, 2.75) is 18.5 Å². The number of urea groups is 1. The average molecular weight is 408 g/mol. The van der Waals surface area contributed by atoms with E-state index in [4.69, 9.17) is 14.5 Å². The minimum absolute atomic E-state index is 0.163. The SMILES string of the molecule is COc1ccc(NC(=O)N2CCC3(CC2)N=C(c2ccccc2)C(=O)N3)cc1OC. The van der Waals surface area contributed by atoms with E-state index >= 15 is 0 Å². The molecule has 2 aliphatic rings. The number of hydrogen-bond acceptors (Lipinski definition) is 5. The summed E-state index contributed by atoms with van der Waals surface area (Å²) in [5.74, 6) is 0.980. The van der Waals surface area contributed by atoms with Gasteiger partial charge in [-0.25, -0.2) is 4.79 Å². The minimum atomic E-state index is -0.637. The van der Waals surface area contributed by atoms with E-state index in [0.29, 0.717) is 48.8 Å². The molecule has 1 spiro atoms. The molecule has 2 aromatic rings. The third-order valence-corrected chi connectivity index (χ3v) is 5.45. The van der Waals surface area contributed by atoms with E-state index < -0.39 is 5.66 Å². The molecule has 8 heteroatoms. The number of methoxy groups -OCH3 is 2. The Balaban J connectivity index is 1.40. The molecule has 2 heterocycles. The second-order valence-corrected chi connectivity index (χ2v) is 7.30. The summed E-state index contributed by atoms with van der Waals surface area (Å²) >= 11 is 0. The molecule has 2 N–H and O–H groups in total. The molecule has 1 fully saturated rings. The van der Waals surface area contributed by atoms with Gasteiger partial charge in [-0.05, 0) is 12.1 Å². The van der Waals surface area contributed by atoms with E-state index in [-0.39, 0.29) is 11.9 Å². The number of benzene rings is 2. The lowest BCUT2D eigenvalue weighted by atomic mass is 9.98. The fourth-order valence-corrected chi connectivity index (χ4v) is 3.79. The molecule has 156 valence electrons. The van der Waals surface area contributed by atoms with Crippen LogP contribution in [0.5, 0.6) is 11.5 Å². The van der Waals surface area contributed by atoms with E-state index in [1.165, 1.54) is 0 Å². The Kier molecular flexibility index (Phi) is 5.31. The number of anilines is 1. The van der Waals surface area contributed by atoms with Crippen LogP contribution in [-0.4, -0.2) is 55.5 Å². The van der Waals surface area contributed by atoms with Crippen LogP contribution in [-0.2, 0) is 4.79 Å². The summed E-state index contributed by atoms with van der Waals surface area (Å²) in [5, 5.41) is 5.91. The number of carbonyl (C=O) groups excluding carboxylic acids is 2. The predicted octanol–water partition coefficient (Wildman–Crippen LogP) is 2.65. The Morgan fingerprint density at radius 2 is 1.77 bits per heavy atom. The normalized spacial score (nSPS) is 17.3. The van der Waals surface area contributed by atoms with E-state index in [0.717, 1.165) is 5.56 Å². The van der Waals surface area contributed by atoms with Crippen molar-refractivity contribution >= 4 is 23.3 Å². The van der Waals surface area contributed by atoms with Crippen LogP contribution in [0.2, 0.25) is 0 Å². The summed E-state index contributed by atoms with van der Waals surface area (Å²) in [5.41, 5.74) is 1.25. The van der Waals surface area contributed by atoms with Crippen molar-refractivity contribution in [1.29, 1.82) is 0 Å². The van der Waals surface area contributed by atoms with Crippen LogP contribution in [0.25, 0.3) is 0 Å². The lowest BCUT2D eigenvalue weighted by Gasteiger charge is -2.37. The molecule has 0 radical (unpaired) electrons. The third kappa shape index (κ3) is 3.80. The van der Waals surface area contributed by atoms with Crippen molar-refractivity contribution < 1.29 is 19.1 Å². The van der Waals surface area contributed by atoms with Crippen molar-refractivity contribution in [3.05, 3.63) is 54.1 Å². The molecule has 30 heavy (non-hydrogen) atoms. The molecular formula is C22H24N4O4. The largest absolute Gasteiger partial charge is 0.493 e. The molecule has 8 nitrogen and oxygen atoms in total. The Hall–Kier alpha value is -3.55. The first-order valence-electron chi connectivity index (χ1n) is 9.79. The highest BCUT2D eigenvalue weighted by Crippen LogP contribution is 2.31.